The van der Waals surface area contributed by atoms with E-state index < -0.39 is 0 Å². The largest absolute Gasteiger partial charge is 0.350 e. The summed E-state index contributed by atoms with van der Waals surface area (Å²) in [5.74, 6) is 1.23. The quantitative estimate of drug-likeness (QED) is 0.474. The number of hydrogen-bond acceptors (Lipinski definition) is 3. The summed E-state index contributed by atoms with van der Waals surface area (Å²) < 4.78 is 4.32. The van der Waals surface area contributed by atoms with Crippen LogP contribution in [0.4, 0.5) is 0 Å². The second-order valence-electron chi connectivity index (χ2n) is 8.49. The molecule has 0 saturated carbocycles. The molecule has 2 aromatic carbocycles. The molecule has 1 amide bonds. The molecule has 5 rings (SSSR count). The summed E-state index contributed by atoms with van der Waals surface area (Å²) in [6.07, 6.45) is 6.48. The Hall–Kier alpha value is -3.38. The molecule has 0 radical (unpaired) electrons. The van der Waals surface area contributed by atoms with Gasteiger partial charge in [0.25, 0.3) is 0 Å². The van der Waals surface area contributed by atoms with Crippen LogP contribution in [0.5, 0.6) is 0 Å². The van der Waals surface area contributed by atoms with Gasteiger partial charge >= 0.3 is 0 Å². The van der Waals surface area contributed by atoms with Crippen molar-refractivity contribution in [2.75, 3.05) is 32.7 Å². The second-order valence-corrected chi connectivity index (χ2v) is 8.49. The first-order chi connectivity index (χ1) is 15.7. The molecular weight excluding hydrogens is 398 g/mol. The van der Waals surface area contributed by atoms with Crippen LogP contribution in [0.1, 0.15) is 5.56 Å². The Morgan fingerprint density at radius 2 is 1.69 bits per heavy atom. The molecule has 32 heavy (non-hydrogen) atoms. The van der Waals surface area contributed by atoms with Crippen LogP contribution in [0.3, 0.4) is 0 Å². The number of benzene rings is 2. The van der Waals surface area contributed by atoms with Crippen molar-refractivity contribution in [2.45, 2.75) is 13.0 Å². The summed E-state index contributed by atoms with van der Waals surface area (Å²) in [6, 6.07) is 18.6. The number of carbonyl (C=O) groups excluding carboxylic acids is 1. The van der Waals surface area contributed by atoms with Crippen LogP contribution in [0.15, 0.2) is 73.2 Å². The average Bonchev–Trinajstić information content (AvgIpc) is 3.43. The van der Waals surface area contributed by atoms with Gasteiger partial charge in [0.05, 0.1) is 6.42 Å². The van der Waals surface area contributed by atoms with Gasteiger partial charge in [-0.05, 0) is 11.6 Å². The van der Waals surface area contributed by atoms with Gasteiger partial charge in [0.15, 0.2) is 0 Å². The molecule has 6 heteroatoms. The van der Waals surface area contributed by atoms with E-state index in [2.05, 4.69) is 49.5 Å². The standard InChI is InChI=1S/C26H29N5O/c1-28-20-22(23-9-5-6-10-24(23)28)19-25(32)30-16-13-29(14-17-30)15-18-31-12-11-27-26(31)21-7-3-2-4-8-21/h2-12,20H,13-19H2,1H3. The first kappa shape index (κ1) is 20.5. The number of fused-ring (bicyclic) bond motifs is 1. The molecule has 1 saturated heterocycles. The van der Waals surface area contributed by atoms with Gasteiger partial charge in [0, 0.05) is 81.4 Å². The lowest BCUT2D eigenvalue weighted by Gasteiger charge is -2.35. The summed E-state index contributed by atoms with van der Waals surface area (Å²) in [5, 5.41) is 1.18. The minimum atomic E-state index is 0.224. The SMILES string of the molecule is Cn1cc(CC(=O)N2CCN(CCn3ccnc3-c3ccccc3)CC2)c2ccccc21. The Morgan fingerprint density at radius 1 is 0.938 bits per heavy atom. The number of imidazole rings is 1. The van der Waals surface area contributed by atoms with Crippen LogP contribution in [0, 0.1) is 0 Å². The number of rotatable bonds is 6. The Balaban J connectivity index is 1.15. The summed E-state index contributed by atoms with van der Waals surface area (Å²) in [6.45, 7) is 5.27. The number of aromatic nitrogens is 3. The van der Waals surface area contributed by atoms with Crippen molar-refractivity contribution in [3.05, 3.63) is 78.8 Å². The van der Waals surface area contributed by atoms with Crippen LogP contribution < -0.4 is 0 Å². The van der Waals surface area contributed by atoms with E-state index >= 15 is 0 Å². The van der Waals surface area contributed by atoms with E-state index in [0.29, 0.717) is 6.42 Å². The van der Waals surface area contributed by atoms with Gasteiger partial charge in [0.2, 0.25) is 5.91 Å². The van der Waals surface area contributed by atoms with Crippen LogP contribution in [0.2, 0.25) is 0 Å². The summed E-state index contributed by atoms with van der Waals surface area (Å²) in [4.78, 5) is 22.0. The topological polar surface area (TPSA) is 46.3 Å². The minimum absolute atomic E-state index is 0.224. The highest BCUT2D eigenvalue weighted by atomic mass is 16.2. The summed E-state index contributed by atoms with van der Waals surface area (Å²) >= 11 is 0. The monoisotopic (exact) mass is 427 g/mol. The van der Waals surface area contributed by atoms with Crippen molar-refractivity contribution in [3.8, 4) is 11.4 Å². The molecule has 0 aliphatic carbocycles. The van der Waals surface area contributed by atoms with E-state index in [1.54, 1.807) is 0 Å². The molecule has 164 valence electrons. The summed E-state index contributed by atoms with van der Waals surface area (Å²) in [5.41, 5.74) is 3.43. The minimum Gasteiger partial charge on any atom is -0.350 e. The van der Waals surface area contributed by atoms with E-state index in [-0.39, 0.29) is 5.91 Å². The van der Waals surface area contributed by atoms with E-state index in [9.17, 15) is 4.79 Å². The lowest BCUT2D eigenvalue weighted by Crippen LogP contribution is -2.49. The Kier molecular flexibility index (Phi) is 5.77. The predicted octanol–water partition coefficient (Wildman–Crippen LogP) is 3.43. The Labute approximate surface area is 188 Å². The molecule has 1 aliphatic rings. The van der Waals surface area contributed by atoms with Crippen molar-refractivity contribution in [1.82, 2.24) is 23.9 Å². The number of nitrogens with zero attached hydrogens (tertiary/aromatic N) is 5. The van der Waals surface area contributed by atoms with Gasteiger partial charge in [0.1, 0.15) is 5.82 Å². The molecule has 3 heterocycles. The first-order valence-electron chi connectivity index (χ1n) is 11.3. The lowest BCUT2D eigenvalue weighted by molar-refractivity contribution is -0.132. The van der Waals surface area contributed by atoms with Crippen LogP contribution in [-0.4, -0.2) is 62.5 Å². The zero-order valence-corrected chi connectivity index (χ0v) is 18.5. The van der Waals surface area contributed by atoms with Gasteiger partial charge in [-0.15, -0.1) is 0 Å². The number of carbonyl (C=O) groups is 1. The third-order valence-corrected chi connectivity index (χ3v) is 6.45. The van der Waals surface area contributed by atoms with Gasteiger partial charge in [-0.3, -0.25) is 9.69 Å². The van der Waals surface area contributed by atoms with E-state index in [1.807, 2.05) is 54.7 Å². The molecule has 0 N–H and O–H groups in total. The Morgan fingerprint density at radius 3 is 2.50 bits per heavy atom. The second kappa shape index (κ2) is 9.01. The molecule has 2 aromatic heterocycles. The molecule has 6 nitrogen and oxygen atoms in total. The maximum atomic E-state index is 13.0. The number of hydrogen-bond donors (Lipinski definition) is 0. The number of amides is 1. The average molecular weight is 428 g/mol. The maximum Gasteiger partial charge on any atom is 0.227 e. The maximum absolute atomic E-state index is 13.0. The third kappa shape index (κ3) is 4.18. The summed E-state index contributed by atoms with van der Waals surface area (Å²) in [7, 11) is 2.04. The zero-order chi connectivity index (χ0) is 21.9. The molecule has 4 aromatic rings. The smallest absolute Gasteiger partial charge is 0.227 e. The highest BCUT2D eigenvalue weighted by molar-refractivity contribution is 5.89. The van der Waals surface area contributed by atoms with Crippen molar-refractivity contribution >= 4 is 16.8 Å². The molecule has 1 fully saturated rings. The highest BCUT2D eigenvalue weighted by Crippen LogP contribution is 2.21. The first-order valence-corrected chi connectivity index (χ1v) is 11.3. The van der Waals surface area contributed by atoms with Crippen molar-refractivity contribution in [3.63, 3.8) is 0 Å². The number of para-hydroxylation sites is 1. The molecule has 0 unspecified atom stereocenters. The molecule has 0 atom stereocenters. The van der Waals surface area contributed by atoms with Crippen molar-refractivity contribution in [1.29, 1.82) is 0 Å². The van der Waals surface area contributed by atoms with Crippen LogP contribution in [-0.2, 0) is 24.8 Å². The van der Waals surface area contributed by atoms with Gasteiger partial charge in [-0.1, -0.05) is 48.5 Å². The fraction of sp³-hybridized carbons (Fsp3) is 0.308. The molecule has 0 spiro atoms. The van der Waals surface area contributed by atoms with Crippen molar-refractivity contribution in [2.24, 2.45) is 7.05 Å². The highest BCUT2D eigenvalue weighted by Gasteiger charge is 2.22. The fourth-order valence-electron chi connectivity index (χ4n) is 4.65. The fourth-order valence-corrected chi connectivity index (χ4v) is 4.65. The normalized spacial score (nSPS) is 14.8. The lowest BCUT2D eigenvalue weighted by atomic mass is 10.1. The van der Waals surface area contributed by atoms with Crippen LogP contribution in [0.25, 0.3) is 22.3 Å². The Bertz CT molecular complexity index is 1200. The van der Waals surface area contributed by atoms with Crippen LogP contribution >= 0.6 is 0 Å². The van der Waals surface area contributed by atoms with E-state index in [0.717, 1.165) is 56.2 Å². The molecular formula is C26H29N5O. The van der Waals surface area contributed by atoms with Gasteiger partial charge in [-0.2, -0.15) is 0 Å². The third-order valence-electron chi connectivity index (χ3n) is 6.45. The predicted molar refractivity (Wildman–Crippen MR) is 127 cm³/mol. The van der Waals surface area contributed by atoms with E-state index in [1.165, 1.54) is 10.9 Å². The van der Waals surface area contributed by atoms with E-state index in [4.69, 9.17) is 0 Å². The number of aryl methyl sites for hydroxylation is 1. The van der Waals surface area contributed by atoms with Gasteiger partial charge in [-0.25, -0.2) is 4.98 Å². The molecule has 1 aliphatic heterocycles. The molecule has 0 bridgehead atoms. The van der Waals surface area contributed by atoms with Crippen molar-refractivity contribution < 1.29 is 4.79 Å². The number of piperazine rings is 1. The van der Waals surface area contributed by atoms with Gasteiger partial charge < -0.3 is 14.0 Å². The zero-order valence-electron chi connectivity index (χ0n) is 18.5.